The number of nitrogens with one attached hydrogen (secondary N) is 1. The molecule has 2 aliphatic heterocycles. The lowest BCUT2D eigenvalue weighted by atomic mass is 10.1. The summed E-state index contributed by atoms with van der Waals surface area (Å²) in [5, 5.41) is 11.6. The highest BCUT2D eigenvalue weighted by atomic mass is 15.4. The minimum atomic E-state index is 0.695. The van der Waals surface area contributed by atoms with E-state index in [0.717, 1.165) is 18.1 Å². The number of fused-ring (bicyclic) bond motifs is 1. The predicted octanol–water partition coefficient (Wildman–Crippen LogP) is 2.66. The molecule has 1 aromatic carbocycles. The molecule has 2 aromatic rings. The zero-order valence-electron chi connectivity index (χ0n) is 13.3. The molecular weight excluding hydrogens is 286 g/mol. The molecule has 0 aliphatic carbocycles. The quantitative estimate of drug-likeness (QED) is 0.947. The van der Waals surface area contributed by atoms with Gasteiger partial charge in [-0.1, -0.05) is 46.7 Å². The smallest absolute Gasteiger partial charge is 0.110 e. The van der Waals surface area contributed by atoms with Gasteiger partial charge in [0.2, 0.25) is 0 Å². The van der Waals surface area contributed by atoms with Gasteiger partial charge >= 0.3 is 0 Å². The molecular formula is C18H19N5. The van der Waals surface area contributed by atoms with Gasteiger partial charge in [0.1, 0.15) is 5.82 Å². The van der Waals surface area contributed by atoms with Gasteiger partial charge in [0.25, 0.3) is 0 Å². The van der Waals surface area contributed by atoms with Crippen molar-refractivity contribution >= 4 is 5.70 Å². The molecule has 23 heavy (non-hydrogen) atoms. The summed E-state index contributed by atoms with van der Waals surface area (Å²) in [6, 6.07) is 8.62. The molecule has 3 heterocycles. The Hall–Kier alpha value is -2.82. The van der Waals surface area contributed by atoms with E-state index in [1.807, 2.05) is 10.9 Å². The molecule has 0 spiro atoms. The topological polar surface area (TPSA) is 46.0 Å². The van der Waals surface area contributed by atoms with E-state index >= 15 is 0 Å². The molecule has 0 fully saturated rings. The van der Waals surface area contributed by atoms with Crippen LogP contribution in [0.15, 0.2) is 65.9 Å². The first-order chi connectivity index (χ1) is 11.2. The maximum atomic E-state index is 4.12. The highest BCUT2D eigenvalue weighted by Gasteiger charge is 2.29. The summed E-state index contributed by atoms with van der Waals surface area (Å²) in [4.78, 5) is 2.33. The van der Waals surface area contributed by atoms with Gasteiger partial charge in [0.05, 0.1) is 24.1 Å². The van der Waals surface area contributed by atoms with Crippen LogP contribution in [-0.2, 0) is 6.54 Å². The standard InChI is InChI=1S/C18H19N5/c1-13-3-6-15(7-4-13)18-16(12-22-10-9-19-21-22)23-11-14(2)5-8-17(23)20-18/h3-10,20H,11-12H2,1-2H3. The van der Waals surface area contributed by atoms with Gasteiger partial charge in [0, 0.05) is 12.7 Å². The molecule has 1 N–H and O–H groups in total. The van der Waals surface area contributed by atoms with Gasteiger partial charge in [-0.2, -0.15) is 0 Å². The number of aryl methyl sites for hydroxylation is 1. The summed E-state index contributed by atoms with van der Waals surface area (Å²) >= 11 is 0. The van der Waals surface area contributed by atoms with Crippen LogP contribution in [0, 0.1) is 6.92 Å². The van der Waals surface area contributed by atoms with E-state index in [1.54, 1.807) is 6.20 Å². The SMILES string of the molecule is CC1=CC=C2NC(c3ccc(C)cc3)=C(Cn3ccnn3)N2C1. The summed E-state index contributed by atoms with van der Waals surface area (Å²) in [6.45, 7) is 5.86. The van der Waals surface area contributed by atoms with E-state index in [9.17, 15) is 0 Å². The maximum absolute atomic E-state index is 4.12. The molecule has 0 saturated carbocycles. The van der Waals surface area contributed by atoms with Crippen molar-refractivity contribution in [3.63, 3.8) is 0 Å². The number of hydrogen-bond donors (Lipinski definition) is 1. The minimum Gasteiger partial charge on any atom is -0.340 e. The molecule has 0 unspecified atom stereocenters. The van der Waals surface area contributed by atoms with Crippen molar-refractivity contribution in [1.82, 2.24) is 25.2 Å². The van der Waals surface area contributed by atoms with Gasteiger partial charge in [-0.05, 0) is 25.5 Å². The normalized spacial score (nSPS) is 16.9. The fourth-order valence-corrected chi connectivity index (χ4v) is 2.98. The number of benzene rings is 1. The highest BCUT2D eigenvalue weighted by molar-refractivity contribution is 5.72. The van der Waals surface area contributed by atoms with Crippen molar-refractivity contribution in [2.45, 2.75) is 20.4 Å². The summed E-state index contributed by atoms with van der Waals surface area (Å²) < 4.78 is 1.86. The number of rotatable bonds is 3. The second kappa shape index (κ2) is 5.43. The van der Waals surface area contributed by atoms with E-state index in [-0.39, 0.29) is 0 Å². The zero-order chi connectivity index (χ0) is 15.8. The van der Waals surface area contributed by atoms with E-state index in [1.165, 1.54) is 22.4 Å². The Labute approximate surface area is 135 Å². The minimum absolute atomic E-state index is 0.695. The van der Waals surface area contributed by atoms with Gasteiger partial charge in [0.15, 0.2) is 0 Å². The summed E-state index contributed by atoms with van der Waals surface area (Å²) in [5.74, 6) is 1.13. The first-order valence-corrected chi connectivity index (χ1v) is 7.77. The van der Waals surface area contributed by atoms with Crippen LogP contribution in [0.1, 0.15) is 18.1 Å². The third-order valence-electron chi connectivity index (χ3n) is 4.22. The molecule has 0 saturated heterocycles. The molecule has 4 rings (SSSR count). The van der Waals surface area contributed by atoms with Crippen LogP contribution in [0.4, 0.5) is 0 Å². The van der Waals surface area contributed by atoms with E-state index in [4.69, 9.17) is 0 Å². The average Bonchev–Trinajstić information content (AvgIpc) is 3.17. The van der Waals surface area contributed by atoms with Crippen LogP contribution in [0.5, 0.6) is 0 Å². The zero-order valence-corrected chi connectivity index (χ0v) is 13.3. The van der Waals surface area contributed by atoms with Crippen LogP contribution in [0.25, 0.3) is 5.70 Å². The van der Waals surface area contributed by atoms with Crippen molar-refractivity contribution in [3.8, 4) is 0 Å². The molecule has 1 aromatic heterocycles. The number of aromatic nitrogens is 3. The van der Waals surface area contributed by atoms with Gasteiger partial charge in [-0.3, -0.25) is 0 Å². The van der Waals surface area contributed by atoms with Gasteiger partial charge < -0.3 is 10.2 Å². The fourth-order valence-electron chi connectivity index (χ4n) is 2.98. The Morgan fingerprint density at radius 2 is 1.96 bits per heavy atom. The third kappa shape index (κ3) is 2.54. The Balaban J connectivity index is 1.77. The van der Waals surface area contributed by atoms with Gasteiger partial charge in [-0.25, -0.2) is 4.68 Å². The largest absolute Gasteiger partial charge is 0.340 e. The third-order valence-corrected chi connectivity index (χ3v) is 4.22. The average molecular weight is 305 g/mol. The number of hydrogen-bond acceptors (Lipinski definition) is 4. The molecule has 5 nitrogen and oxygen atoms in total. The maximum Gasteiger partial charge on any atom is 0.110 e. The van der Waals surface area contributed by atoms with Crippen molar-refractivity contribution in [2.24, 2.45) is 0 Å². The van der Waals surface area contributed by atoms with E-state index < -0.39 is 0 Å². The Kier molecular flexibility index (Phi) is 3.26. The first-order valence-electron chi connectivity index (χ1n) is 7.77. The molecule has 0 atom stereocenters. The van der Waals surface area contributed by atoms with E-state index in [0.29, 0.717) is 6.54 Å². The predicted molar refractivity (Wildman–Crippen MR) is 89.8 cm³/mol. The number of nitrogens with zero attached hydrogens (tertiary/aromatic N) is 4. The lowest BCUT2D eigenvalue weighted by Gasteiger charge is -2.25. The Bertz CT molecular complexity index is 810. The number of allylic oxidation sites excluding steroid dienone is 3. The second-order valence-corrected chi connectivity index (χ2v) is 6.06. The molecule has 0 amide bonds. The molecule has 5 heteroatoms. The molecule has 0 bridgehead atoms. The highest BCUT2D eigenvalue weighted by Crippen LogP contribution is 2.33. The summed E-state index contributed by atoms with van der Waals surface area (Å²) in [6.07, 6.45) is 7.92. The van der Waals surface area contributed by atoms with Crippen molar-refractivity contribution in [3.05, 3.63) is 77.0 Å². The molecule has 116 valence electrons. The Morgan fingerprint density at radius 3 is 2.70 bits per heavy atom. The summed E-state index contributed by atoms with van der Waals surface area (Å²) in [5.41, 5.74) is 6.17. The van der Waals surface area contributed by atoms with Crippen LogP contribution >= 0.6 is 0 Å². The Morgan fingerprint density at radius 1 is 1.13 bits per heavy atom. The fraction of sp³-hybridized carbons (Fsp3) is 0.222. The molecule has 0 radical (unpaired) electrons. The van der Waals surface area contributed by atoms with Crippen LogP contribution in [-0.4, -0.2) is 26.4 Å². The van der Waals surface area contributed by atoms with Gasteiger partial charge in [-0.15, -0.1) is 5.10 Å². The van der Waals surface area contributed by atoms with E-state index in [2.05, 4.69) is 70.8 Å². The molecule has 2 aliphatic rings. The first kappa shape index (κ1) is 13.8. The summed E-state index contributed by atoms with van der Waals surface area (Å²) in [7, 11) is 0. The van der Waals surface area contributed by atoms with Crippen molar-refractivity contribution < 1.29 is 0 Å². The lowest BCUT2D eigenvalue weighted by molar-refractivity contribution is 0.425. The van der Waals surface area contributed by atoms with Crippen LogP contribution < -0.4 is 5.32 Å². The lowest BCUT2D eigenvalue weighted by Crippen LogP contribution is -2.27. The van der Waals surface area contributed by atoms with Crippen LogP contribution in [0.3, 0.4) is 0 Å². The second-order valence-electron chi connectivity index (χ2n) is 6.06. The van der Waals surface area contributed by atoms with Crippen LogP contribution in [0.2, 0.25) is 0 Å². The monoisotopic (exact) mass is 305 g/mol. The van der Waals surface area contributed by atoms with Crippen molar-refractivity contribution in [1.29, 1.82) is 0 Å². The van der Waals surface area contributed by atoms with Crippen molar-refractivity contribution in [2.75, 3.05) is 6.54 Å².